The first kappa shape index (κ1) is 33.8. The minimum Gasteiger partial charge on any atom is -0.506 e. The molecule has 0 spiro atoms. The zero-order valence-electron chi connectivity index (χ0n) is 23.0. The van der Waals surface area contributed by atoms with Gasteiger partial charge < -0.3 is 15.5 Å². The second-order valence-electron chi connectivity index (χ2n) is 8.97. The number of hydrogen-bond acceptors (Lipinski definition) is 15. The molecule has 0 amide bonds. The fourth-order valence-corrected chi connectivity index (χ4v) is 4.88. The number of benzene rings is 5. The van der Waals surface area contributed by atoms with Gasteiger partial charge in [-0.3, -0.25) is 0 Å². The number of fused-ring (bicyclic) bond motifs is 1. The molecule has 1 radical (unpaired) electrons. The normalized spacial score (nSPS) is 11.4. The van der Waals surface area contributed by atoms with Gasteiger partial charge in [0.2, 0.25) is 0 Å². The summed E-state index contributed by atoms with van der Waals surface area (Å²) in [5.74, 6) is -0.412. The first-order chi connectivity index (χ1) is 21.4. The zero-order valence-corrected chi connectivity index (χ0v) is 25.6. The first-order valence-corrected chi connectivity index (χ1v) is 14.1. The molecule has 16 heteroatoms. The molecular formula is C29H23CuN5O8S2. The SMILES string of the molecule is Cc1cc(N=Nc2c(SOOO)cc3cc(Nc4ccccc4)ccc3c2O)c(O)cc1N=Nc1ccc(SOOO)cc1.[Cu]. The largest absolute Gasteiger partial charge is 0.506 e. The molecule has 0 aromatic heterocycles. The number of azo groups is 2. The number of nitrogens with one attached hydrogen (secondary N) is 1. The second kappa shape index (κ2) is 16.3. The Hall–Kier alpha value is -4.06. The molecule has 5 rings (SSSR count). The molecule has 0 aliphatic rings. The van der Waals surface area contributed by atoms with Gasteiger partial charge in [-0.05, 0) is 84.6 Å². The number of aromatic hydroxyl groups is 2. The predicted molar refractivity (Wildman–Crippen MR) is 164 cm³/mol. The van der Waals surface area contributed by atoms with Gasteiger partial charge in [0, 0.05) is 44.8 Å². The fraction of sp³-hybridized carbons (Fsp3) is 0.0345. The van der Waals surface area contributed by atoms with E-state index in [0.717, 1.165) is 23.4 Å². The van der Waals surface area contributed by atoms with Crippen molar-refractivity contribution < 1.29 is 56.5 Å². The Labute approximate surface area is 275 Å². The maximum Gasteiger partial charge on any atom is 0.152 e. The average molecular weight is 697 g/mol. The molecule has 0 aliphatic heterocycles. The molecule has 5 aromatic rings. The summed E-state index contributed by atoms with van der Waals surface area (Å²) in [6.07, 6.45) is 0. The van der Waals surface area contributed by atoms with Crippen LogP contribution in [-0.4, -0.2) is 20.7 Å². The van der Waals surface area contributed by atoms with E-state index >= 15 is 0 Å². The topological polar surface area (TPSA) is 179 Å². The minimum atomic E-state index is -0.220. The van der Waals surface area contributed by atoms with Crippen LogP contribution in [0.4, 0.5) is 34.1 Å². The molecule has 0 aliphatic carbocycles. The number of rotatable bonds is 12. The molecule has 0 unspecified atom stereocenters. The Morgan fingerprint density at radius 3 is 2.13 bits per heavy atom. The van der Waals surface area contributed by atoms with Gasteiger partial charge in [-0.1, -0.05) is 28.3 Å². The number of hydrogen-bond donors (Lipinski definition) is 5. The fourth-order valence-electron chi connectivity index (χ4n) is 4.03. The van der Waals surface area contributed by atoms with Gasteiger partial charge in [-0.2, -0.15) is 10.2 Å². The summed E-state index contributed by atoms with van der Waals surface area (Å²) >= 11 is 1.44. The Morgan fingerprint density at radius 1 is 0.689 bits per heavy atom. The molecule has 235 valence electrons. The number of para-hydroxylation sites is 1. The smallest absolute Gasteiger partial charge is 0.152 e. The van der Waals surface area contributed by atoms with Crippen LogP contribution in [-0.2, 0) is 35.8 Å². The van der Waals surface area contributed by atoms with Crippen LogP contribution in [0.1, 0.15) is 5.56 Å². The van der Waals surface area contributed by atoms with Crippen molar-refractivity contribution in [2.45, 2.75) is 16.7 Å². The van der Waals surface area contributed by atoms with Crippen LogP contribution in [0.3, 0.4) is 0 Å². The van der Waals surface area contributed by atoms with Gasteiger partial charge in [-0.25, -0.2) is 10.5 Å². The van der Waals surface area contributed by atoms with E-state index in [4.69, 9.17) is 10.5 Å². The zero-order chi connectivity index (χ0) is 30.9. The van der Waals surface area contributed by atoms with Crippen molar-refractivity contribution >= 4 is 69.0 Å². The number of anilines is 2. The van der Waals surface area contributed by atoms with E-state index in [-0.39, 0.29) is 44.8 Å². The molecule has 5 aromatic carbocycles. The molecular weight excluding hydrogens is 674 g/mol. The van der Waals surface area contributed by atoms with Crippen molar-refractivity contribution in [3.8, 4) is 11.5 Å². The first-order valence-electron chi connectivity index (χ1n) is 12.6. The summed E-state index contributed by atoms with van der Waals surface area (Å²) in [4.78, 5) is 0.951. The summed E-state index contributed by atoms with van der Waals surface area (Å²) < 4.78 is 9.02. The van der Waals surface area contributed by atoms with E-state index in [1.54, 1.807) is 49.4 Å². The number of nitrogens with zero attached hydrogens (tertiary/aromatic N) is 4. The number of phenols is 2. The molecule has 0 fully saturated rings. The predicted octanol–water partition coefficient (Wildman–Crippen LogP) is 9.99. The van der Waals surface area contributed by atoms with Crippen LogP contribution < -0.4 is 5.32 Å². The summed E-state index contributed by atoms with van der Waals surface area (Å²) in [6.45, 7) is 1.76. The van der Waals surface area contributed by atoms with E-state index in [1.165, 1.54) is 6.07 Å². The monoisotopic (exact) mass is 696 g/mol. The molecule has 5 N–H and O–H groups in total. The Kier molecular flexibility index (Phi) is 12.3. The van der Waals surface area contributed by atoms with E-state index in [0.29, 0.717) is 44.6 Å². The van der Waals surface area contributed by atoms with Crippen molar-refractivity contribution in [1.29, 1.82) is 0 Å². The quantitative estimate of drug-likeness (QED) is 0.0275. The maximum atomic E-state index is 11.1. The van der Waals surface area contributed by atoms with Gasteiger partial charge in [0.05, 0.1) is 40.4 Å². The third-order valence-corrected chi connectivity index (χ3v) is 7.30. The second-order valence-corrected chi connectivity index (χ2v) is 10.5. The molecule has 0 atom stereocenters. The van der Waals surface area contributed by atoms with Crippen molar-refractivity contribution in [3.05, 3.63) is 96.6 Å². The Morgan fingerprint density at radius 2 is 1.40 bits per heavy atom. The van der Waals surface area contributed by atoms with Crippen LogP contribution in [0.25, 0.3) is 10.8 Å². The van der Waals surface area contributed by atoms with Crippen molar-refractivity contribution in [1.82, 2.24) is 0 Å². The third kappa shape index (κ3) is 8.78. The van der Waals surface area contributed by atoms with E-state index < -0.39 is 0 Å². The summed E-state index contributed by atoms with van der Waals surface area (Å²) in [7, 11) is 0. The van der Waals surface area contributed by atoms with E-state index in [9.17, 15) is 10.2 Å². The standard InChI is InChI=1S/C29H23N5O8S2.Cu/c1-17-13-25(26(35)16-24(17)32-31-20-7-10-22(11-8-20)43-41-39-37)33-34-28-27(44-42-40-38)15-18-14-21(9-12-23(18)29(28)36)30-19-5-3-2-4-6-19;/h2-16,30,35-38H,1H3;. The van der Waals surface area contributed by atoms with Crippen LogP contribution >= 0.6 is 24.1 Å². The molecule has 0 saturated carbocycles. The van der Waals surface area contributed by atoms with Gasteiger partial charge in [0.1, 0.15) is 17.1 Å². The van der Waals surface area contributed by atoms with E-state index in [1.807, 2.05) is 42.5 Å². The average Bonchev–Trinajstić information content (AvgIpc) is 3.04. The Bertz CT molecular complexity index is 1820. The molecule has 13 nitrogen and oxygen atoms in total. The van der Waals surface area contributed by atoms with Gasteiger partial charge in [-0.15, -0.1) is 18.9 Å². The van der Waals surface area contributed by atoms with Gasteiger partial charge >= 0.3 is 0 Å². The van der Waals surface area contributed by atoms with Gasteiger partial charge in [0.25, 0.3) is 0 Å². The van der Waals surface area contributed by atoms with Crippen LogP contribution in [0.15, 0.2) is 121 Å². The van der Waals surface area contributed by atoms with Gasteiger partial charge in [0.15, 0.2) is 5.75 Å². The summed E-state index contributed by atoms with van der Waals surface area (Å²) in [6, 6.07) is 26.4. The van der Waals surface area contributed by atoms with E-state index in [2.05, 4.69) is 44.5 Å². The molecule has 45 heavy (non-hydrogen) atoms. The molecule has 0 saturated heterocycles. The van der Waals surface area contributed by atoms with Crippen LogP contribution in [0.5, 0.6) is 11.5 Å². The molecule has 0 heterocycles. The summed E-state index contributed by atoms with van der Waals surface area (Å²) in [5, 5.41) is 67.3. The van der Waals surface area contributed by atoms with Crippen LogP contribution in [0, 0.1) is 6.92 Å². The molecule has 0 bridgehead atoms. The van der Waals surface area contributed by atoms with Crippen molar-refractivity contribution in [3.63, 3.8) is 0 Å². The Balaban J connectivity index is 0.00000461. The number of phenolic OH excluding ortho intramolecular Hbond substituents is 2. The third-order valence-electron chi connectivity index (χ3n) is 6.09. The summed E-state index contributed by atoms with van der Waals surface area (Å²) in [5.41, 5.74) is 3.40. The van der Waals surface area contributed by atoms with Crippen LogP contribution in [0.2, 0.25) is 0 Å². The minimum absolute atomic E-state index is 0. The van der Waals surface area contributed by atoms with Crippen molar-refractivity contribution in [2.75, 3.05) is 5.32 Å². The number of aryl methyl sites for hydroxylation is 1. The van der Waals surface area contributed by atoms with Crippen molar-refractivity contribution in [2.24, 2.45) is 20.5 Å². The maximum absolute atomic E-state index is 11.1.